The van der Waals surface area contributed by atoms with Crippen LogP contribution in [0.25, 0.3) is 6.08 Å². The van der Waals surface area contributed by atoms with Crippen LogP contribution in [0.5, 0.6) is 0 Å². The molecule has 0 radical (unpaired) electrons. The second-order valence-corrected chi connectivity index (χ2v) is 8.21. The van der Waals surface area contributed by atoms with E-state index >= 15 is 0 Å². The Kier molecular flexibility index (Phi) is 12.2. The number of hydrogen-bond acceptors (Lipinski definition) is 7. The van der Waals surface area contributed by atoms with Crippen molar-refractivity contribution in [2.45, 2.75) is 33.0 Å². The Labute approximate surface area is 224 Å². The number of aliphatic hydroxyl groups is 1. The van der Waals surface area contributed by atoms with Crippen LogP contribution in [-0.4, -0.2) is 36.5 Å². The second-order valence-electron chi connectivity index (χ2n) is 8.21. The molecule has 0 spiro atoms. The molecule has 38 heavy (non-hydrogen) atoms. The summed E-state index contributed by atoms with van der Waals surface area (Å²) in [6.45, 7) is 19.3. The third-order valence-corrected chi connectivity index (χ3v) is 5.55. The summed E-state index contributed by atoms with van der Waals surface area (Å²) in [6.07, 6.45) is 9.75. The molecule has 2 aliphatic rings. The molecule has 1 fully saturated rings. The predicted octanol–water partition coefficient (Wildman–Crippen LogP) is 6.03. The van der Waals surface area contributed by atoms with Crippen molar-refractivity contribution in [3.63, 3.8) is 0 Å². The van der Waals surface area contributed by atoms with Crippen LogP contribution in [-0.2, 0) is 23.7 Å². The fourth-order valence-corrected chi connectivity index (χ4v) is 3.53. The molecule has 2 aliphatic carbocycles. The number of hydrogen-bond donors (Lipinski definition) is 1. The molecule has 0 amide bonds. The predicted molar refractivity (Wildman–Crippen MR) is 147 cm³/mol. The van der Waals surface area contributed by atoms with Gasteiger partial charge < -0.3 is 24.1 Å². The van der Waals surface area contributed by atoms with Crippen LogP contribution in [0.15, 0.2) is 104 Å². The quantitative estimate of drug-likeness (QED) is 0.0800. The fourth-order valence-electron chi connectivity index (χ4n) is 3.53. The average molecular weight is 521 g/mol. The van der Waals surface area contributed by atoms with Gasteiger partial charge in [0.15, 0.2) is 6.29 Å². The molecule has 0 heterocycles. The molecule has 1 saturated carbocycles. The van der Waals surface area contributed by atoms with Crippen LogP contribution in [0.3, 0.4) is 0 Å². The number of benzene rings is 1. The van der Waals surface area contributed by atoms with Crippen molar-refractivity contribution in [1.29, 1.82) is 0 Å². The smallest absolute Gasteiger partial charge is 0.343 e. The molecule has 202 valence electrons. The zero-order valence-electron chi connectivity index (χ0n) is 22.1. The first kappa shape index (κ1) is 30.3. The van der Waals surface area contributed by atoms with Gasteiger partial charge in [-0.3, -0.25) is 0 Å². The van der Waals surface area contributed by atoms with Crippen LogP contribution in [0.2, 0.25) is 0 Å². The van der Waals surface area contributed by atoms with Crippen molar-refractivity contribution in [3.05, 3.63) is 115 Å². The number of rotatable bonds is 14. The zero-order chi connectivity index (χ0) is 28.1. The Morgan fingerprint density at radius 3 is 2.21 bits per heavy atom. The Balaban J connectivity index is 0.00000247. The molecule has 1 aromatic carbocycles. The molecule has 3 atom stereocenters. The number of carbonyl (C=O) groups is 2. The van der Waals surface area contributed by atoms with Gasteiger partial charge in [-0.05, 0) is 54.5 Å². The molecule has 3 rings (SSSR count). The Hall–Kier alpha value is -3.94. The maximum atomic E-state index is 12.6. The third kappa shape index (κ3) is 9.18. The Morgan fingerprint density at radius 1 is 0.974 bits per heavy atom. The lowest BCUT2D eigenvalue weighted by atomic mass is 10.0. The minimum atomic E-state index is -0.971. The van der Waals surface area contributed by atoms with E-state index < -0.39 is 18.2 Å². The number of ether oxygens (including phenoxy) is 4. The summed E-state index contributed by atoms with van der Waals surface area (Å²) in [6, 6.07) is 6.78. The normalized spacial score (nSPS) is 17.9. The zero-order valence-corrected chi connectivity index (χ0v) is 22.1. The summed E-state index contributed by atoms with van der Waals surface area (Å²) in [7, 11) is 0. The molecule has 7 heteroatoms. The van der Waals surface area contributed by atoms with E-state index in [1.54, 1.807) is 42.5 Å². The van der Waals surface area contributed by atoms with Gasteiger partial charge in [0.05, 0.1) is 24.5 Å². The molecular weight excluding hydrogens is 484 g/mol. The molecule has 3 unspecified atom stereocenters. The van der Waals surface area contributed by atoms with Gasteiger partial charge in [-0.25, -0.2) is 9.59 Å². The number of allylic oxidation sites excluding steroid dienone is 5. The summed E-state index contributed by atoms with van der Waals surface area (Å²) in [4.78, 5) is 24.8. The van der Waals surface area contributed by atoms with Crippen LogP contribution in [0, 0.1) is 11.8 Å². The molecule has 0 bridgehead atoms. The van der Waals surface area contributed by atoms with Gasteiger partial charge in [0.25, 0.3) is 0 Å². The number of esters is 2. The standard InChI is InChI=1S/C29H30O7.C2H6/c1-5-21-10-12-22(13-11-21)28(31)35-19(3)8-9-20(4)36-29(32)23-14-15-26(25-18-24(23)25)33-16-7-17-34-27(30)6-2;1-2/h5-6,8-15,24-25,27,30H,1-4,7,16-18H2;1-2H3/b9-8-;. The summed E-state index contributed by atoms with van der Waals surface area (Å²) in [5.41, 5.74) is 1.83. The molecule has 0 aromatic heterocycles. The van der Waals surface area contributed by atoms with Crippen molar-refractivity contribution in [1.82, 2.24) is 0 Å². The van der Waals surface area contributed by atoms with Crippen molar-refractivity contribution >= 4 is 18.0 Å². The van der Waals surface area contributed by atoms with Crippen molar-refractivity contribution in [2.24, 2.45) is 11.8 Å². The summed E-state index contributed by atoms with van der Waals surface area (Å²) >= 11 is 0. The van der Waals surface area contributed by atoms with Gasteiger partial charge in [0.1, 0.15) is 11.5 Å². The fraction of sp³-hybridized carbons (Fsp3) is 0.290. The first-order chi connectivity index (χ1) is 18.3. The van der Waals surface area contributed by atoms with Gasteiger partial charge in [-0.15, -0.1) is 0 Å². The monoisotopic (exact) mass is 520 g/mol. The van der Waals surface area contributed by atoms with Crippen LogP contribution in [0.1, 0.15) is 42.6 Å². The van der Waals surface area contributed by atoms with Gasteiger partial charge in [-0.1, -0.05) is 58.4 Å². The van der Waals surface area contributed by atoms with Gasteiger partial charge in [-0.2, -0.15) is 0 Å². The molecular formula is C31H36O7. The minimum Gasteiger partial charge on any atom is -0.498 e. The van der Waals surface area contributed by atoms with Crippen molar-refractivity contribution in [3.8, 4) is 0 Å². The summed E-state index contributed by atoms with van der Waals surface area (Å²) < 4.78 is 21.4. The molecule has 0 saturated heterocycles. The maximum Gasteiger partial charge on any atom is 0.343 e. The van der Waals surface area contributed by atoms with E-state index in [1.807, 2.05) is 13.8 Å². The Morgan fingerprint density at radius 2 is 1.61 bits per heavy atom. The van der Waals surface area contributed by atoms with E-state index in [0.717, 1.165) is 17.7 Å². The van der Waals surface area contributed by atoms with Gasteiger partial charge in [0.2, 0.25) is 0 Å². The van der Waals surface area contributed by atoms with Crippen LogP contribution < -0.4 is 0 Å². The number of aliphatic hydroxyl groups excluding tert-OH is 1. The topological polar surface area (TPSA) is 91.3 Å². The largest absolute Gasteiger partial charge is 0.498 e. The highest BCUT2D eigenvalue weighted by atomic mass is 16.6. The second kappa shape index (κ2) is 15.3. The first-order valence-corrected chi connectivity index (χ1v) is 12.5. The van der Waals surface area contributed by atoms with Crippen LogP contribution in [0.4, 0.5) is 0 Å². The van der Waals surface area contributed by atoms with E-state index in [9.17, 15) is 14.7 Å². The lowest BCUT2D eigenvalue weighted by molar-refractivity contribution is -0.134. The molecule has 1 N–H and O–H groups in total. The summed E-state index contributed by atoms with van der Waals surface area (Å²) in [5, 5.41) is 9.27. The first-order valence-electron chi connectivity index (χ1n) is 12.5. The minimum absolute atomic E-state index is 0.0523. The molecule has 1 aromatic rings. The summed E-state index contributed by atoms with van der Waals surface area (Å²) in [5.74, 6) is 0.177. The van der Waals surface area contributed by atoms with Crippen molar-refractivity contribution < 1.29 is 33.6 Å². The van der Waals surface area contributed by atoms with E-state index in [-0.39, 0.29) is 23.4 Å². The van der Waals surface area contributed by atoms with E-state index in [0.29, 0.717) is 30.8 Å². The highest BCUT2D eigenvalue weighted by Crippen LogP contribution is 2.51. The SMILES string of the molecule is C=Cc1ccc(C(=O)OC(=C)/C=C\C(=C)OC(=O)C2=CC=C(OCCCOC(O)C=C)C3CC23)cc1.CC. The average Bonchev–Trinajstić information content (AvgIpc) is 3.74. The molecule has 7 nitrogen and oxygen atoms in total. The van der Waals surface area contributed by atoms with E-state index in [4.69, 9.17) is 18.9 Å². The highest BCUT2D eigenvalue weighted by molar-refractivity contribution is 5.92. The Bertz CT molecular complexity index is 1120. The molecule has 0 aliphatic heterocycles. The maximum absolute atomic E-state index is 12.6. The third-order valence-electron chi connectivity index (χ3n) is 5.55. The van der Waals surface area contributed by atoms with Gasteiger partial charge >= 0.3 is 11.9 Å². The lowest BCUT2D eigenvalue weighted by Gasteiger charge is -2.15. The number of fused-ring (bicyclic) bond motifs is 1. The number of carbonyl (C=O) groups excluding carboxylic acids is 2. The van der Waals surface area contributed by atoms with E-state index in [2.05, 4.69) is 26.3 Å². The highest BCUT2D eigenvalue weighted by Gasteiger charge is 2.48. The van der Waals surface area contributed by atoms with Crippen molar-refractivity contribution in [2.75, 3.05) is 13.2 Å². The lowest BCUT2D eigenvalue weighted by Crippen LogP contribution is -2.13. The van der Waals surface area contributed by atoms with E-state index in [1.165, 1.54) is 18.2 Å². The van der Waals surface area contributed by atoms with Gasteiger partial charge in [0, 0.05) is 23.8 Å². The van der Waals surface area contributed by atoms with Crippen LogP contribution >= 0.6 is 0 Å².